The Bertz CT molecular complexity index is 1230. The molecule has 7 heteroatoms. The van der Waals surface area contributed by atoms with Crippen molar-refractivity contribution >= 4 is 11.6 Å². The minimum Gasteiger partial charge on any atom is -0.454 e. The topological polar surface area (TPSA) is 59.8 Å². The van der Waals surface area contributed by atoms with Crippen LogP contribution in [0.1, 0.15) is 27.9 Å². The lowest BCUT2D eigenvalue weighted by atomic mass is 10.1. The number of nitrogens with zero attached hydrogens (tertiary/aromatic N) is 4. The predicted octanol–water partition coefficient (Wildman–Crippen LogP) is 3.77. The zero-order valence-corrected chi connectivity index (χ0v) is 18.3. The van der Waals surface area contributed by atoms with E-state index in [0.29, 0.717) is 31.4 Å². The molecule has 1 aromatic heterocycles. The Morgan fingerprint density at radius 1 is 0.968 bits per heavy atom. The van der Waals surface area contributed by atoms with Gasteiger partial charge in [-0.3, -0.25) is 19.2 Å². The molecular formula is C24H26N4O3. The molecule has 0 saturated carbocycles. The van der Waals surface area contributed by atoms with E-state index in [9.17, 15) is 4.79 Å². The fourth-order valence-corrected chi connectivity index (χ4v) is 4.19. The summed E-state index contributed by atoms with van der Waals surface area (Å²) in [6.07, 6.45) is 0. The first-order valence-electron chi connectivity index (χ1n) is 10.4. The van der Waals surface area contributed by atoms with Crippen LogP contribution in [-0.2, 0) is 13.2 Å². The largest absolute Gasteiger partial charge is 0.454 e. The van der Waals surface area contributed by atoms with Gasteiger partial charge < -0.3 is 9.47 Å². The molecule has 0 amide bonds. The lowest BCUT2D eigenvalue weighted by Gasteiger charge is -2.39. The SMILES string of the molecule is Cc1cccc(N2CN(Cc3ccc4c(c3)OCO4)Cn3c2nc(C)c(C)c3=O)c1C. The van der Waals surface area contributed by atoms with E-state index >= 15 is 0 Å². The number of benzene rings is 2. The van der Waals surface area contributed by atoms with Gasteiger partial charge in [-0.1, -0.05) is 18.2 Å². The van der Waals surface area contributed by atoms with Crippen LogP contribution in [0.2, 0.25) is 0 Å². The van der Waals surface area contributed by atoms with Crippen molar-refractivity contribution < 1.29 is 9.47 Å². The molecule has 0 unspecified atom stereocenters. The quantitative estimate of drug-likeness (QED) is 0.645. The number of aromatic nitrogens is 2. The van der Waals surface area contributed by atoms with Crippen LogP contribution >= 0.6 is 0 Å². The number of anilines is 2. The minimum atomic E-state index is 0.00759. The molecule has 2 aliphatic rings. The predicted molar refractivity (Wildman–Crippen MR) is 119 cm³/mol. The van der Waals surface area contributed by atoms with Gasteiger partial charge in [0.1, 0.15) is 0 Å². The molecule has 0 spiro atoms. The van der Waals surface area contributed by atoms with Crippen molar-refractivity contribution in [3.05, 3.63) is 74.7 Å². The second kappa shape index (κ2) is 7.42. The van der Waals surface area contributed by atoms with E-state index in [2.05, 4.69) is 41.8 Å². The summed E-state index contributed by atoms with van der Waals surface area (Å²) < 4.78 is 12.7. The van der Waals surface area contributed by atoms with Crippen LogP contribution in [-0.4, -0.2) is 27.9 Å². The van der Waals surface area contributed by atoms with Crippen LogP contribution in [0.25, 0.3) is 0 Å². The maximum absolute atomic E-state index is 13.1. The molecule has 7 nitrogen and oxygen atoms in total. The van der Waals surface area contributed by atoms with Crippen LogP contribution < -0.4 is 19.9 Å². The molecule has 160 valence electrons. The molecule has 5 rings (SSSR count). The summed E-state index contributed by atoms with van der Waals surface area (Å²) in [7, 11) is 0. The van der Waals surface area contributed by atoms with Crippen molar-refractivity contribution in [3.63, 3.8) is 0 Å². The first-order chi connectivity index (χ1) is 14.9. The molecular weight excluding hydrogens is 392 g/mol. The van der Waals surface area contributed by atoms with E-state index < -0.39 is 0 Å². The van der Waals surface area contributed by atoms with Crippen LogP contribution in [0.4, 0.5) is 11.6 Å². The zero-order chi connectivity index (χ0) is 21.7. The van der Waals surface area contributed by atoms with E-state index in [1.54, 1.807) is 4.57 Å². The highest BCUT2D eigenvalue weighted by Gasteiger charge is 2.28. The van der Waals surface area contributed by atoms with Gasteiger partial charge in [-0.15, -0.1) is 0 Å². The third-order valence-corrected chi connectivity index (χ3v) is 6.25. The molecule has 0 saturated heterocycles. The Kier molecular flexibility index (Phi) is 4.70. The smallest absolute Gasteiger partial charge is 0.259 e. The molecule has 31 heavy (non-hydrogen) atoms. The van der Waals surface area contributed by atoms with E-state index in [1.165, 1.54) is 11.1 Å². The first-order valence-corrected chi connectivity index (χ1v) is 10.4. The standard InChI is InChI=1S/C24H26N4O3/c1-15-6-5-7-20(16(15)2)27-12-26(11-19-8-9-21-22(10-19)31-14-30-21)13-28-23(29)17(3)18(4)25-24(27)28/h5-10H,11-14H2,1-4H3. The number of rotatable bonds is 3. The molecule has 0 fully saturated rings. The van der Waals surface area contributed by atoms with Gasteiger partial charge in [0.2, 0.25) is 12.7 Å². The highest BCUT2D eigenvalue weighted by Crippen LogP contribution is 2.34. The monoisotopic (exact) mass is 418 g/mol. The Labute approximate surface area is 181 Å². The lowest BCUT2D eigenvalue weighted by molar-refractivity contribution is 0.173. The van der Waals surface area contributed by atoms with Gasteiger partial charge in [-0.05, 0) is 62.6 Å². The molecule has 0 atom stereocenters. The van der Waals surface area contributed by atoms with Gasteiger partial charge in [0.15, 0.2) is 11.5 Å². The first kappa shape index (κ1) is 19.6. The molecule has 3 aromatic rings. The maximum atomic E-state index is 13.1. The molecule has 2 aromatic carbocycles. The average molecular weight is 418 g/mol. The summed E-state index contributed by atoms with van der Waals surface area (Å²) >= 11 is 0. The highest BCUT2D eigenvalue weighted by atomic mass is 16.7. The van der Waals surface area contributed by atoms with Gasteiger partial charge in [0.05, 0.1) is 13.3 Å². The molecule has 0 bridgehead atoms. The molecule has 3 heterocycles. The summed E-state index contributed by atoms with van der Waals surface area (Å²) in [5, 5.41) is 0. The molecule has 0 radical (unpaired) electrons. The Morgan fingerprint density at radius 3 is 2.61 bits per heavy atom. The van der Waals surface area contributed by atoms with Gasteiger partial charge >= 0.3 is 0 Å². The number of fused-ring (bicyclic) bond motifs is 2. The molecule has 2 aliphatic heterocycles. The van der Waals surface area contributed by atoms with Crippen LogP contribution in [0.3, 0.4) is 0 Å². The maximum Gasteiger partial charge on any atom is 0.259 e. The molecule has 0 aliphatic carbocycles. The second-order valence-corrected chi connectivity index (χ2v) is 8.30. The minimum absolute atomic E-state index is 0.00759. The fourth-order valence-electron chi connectivity index (χ4n) is 4.19. The van der Waals surface area contributed by atoms with Gasteiger partial charge in [-0.25, -0.2) is 4.98 Å². The van der Waals surface area contributed by atoms with Crippen LogP contribution in [0.5, 0.6) is 11.5 Å². The Morgan fingerprint density at radius 2 is 1.77 bits per heavy atom. The summed E-state index contributed by atoms with van der Waals surface area (Å²) in [6, 6.07) is 12.3. The van der Waals surface area contributed by atoms with Gasteiger partial charge in [-0.2, -0.15) is 0 Å². The van der Waals surface area contributed by atoms with E-state index in [1.807, 2.05) is 32.0 Å². The Balaban J connectivity index is 1.56. The van der Waals surface area contributed by atoms with Crippen molar-refractivity contribution in [2.45, 2.75) is 40.9 Å². The van der Waals surface area contributed by atoms with Crippen molar-refractivity contribution in [3.8, 4) is 11.5 Å². The third kappa shape index (κ3) is 3.35. The van der Waals surface area contributed by atoms with Crippen molar-refractivity contribution in [1.29, 1.82) is 0 Å². The van der Waals surface area contributed by atoms with Gasteiger partial charge in [0.25, 0.3) is 5.56 Å². The summed E-state index contributed by atoms with van der Waals surface area (Å²) in [6.45, 7) is 10.0. The van der Waals surface area contributed by atoms with Crippen molar-refractivity contribution in [1.82, 2.24) is 14.5 Å². The summed E-state index contributed by atoms with van der Waals surface area (Å²) in [4.78, 5) is 22.4. The Hall–Kier alpha value is -3.32. The normalized spacial score (nSPS) is 15.3. The van der Waals surface area contributed by atoms with E-state index in [0.717, 1.165) is 28.4 Å². The van der Waals surface area contributed by atoms with Gasteiger partial charge in [0, 0.05) is 23.5 Å². The number of ether oxygens (including phenoxy) is 2. The third-order valence-electron chi connectivity index (χ3n) is 6.25. The number of hydrogen-bond donors (Lipinski definition) is 0. The van der Waals surface area contributed by atoms with E-state index in [-0.39, 0.29) is 12.4 Å². The van der Waals surface area contributed by atoms with Crippen LogP contribution in [0, 0.1) is 27.7 Å². The average Bonchev–Trinajstić information content (AvgIpc) is 3.22. The van der Waals surface area contributed by atoms with Crippen molar-refractivity contribution in [2.75, 3.05) is 18.4 Å². The summed E-state index contributed by atoms with van der Waals surface area (Å²) in [5.74, 6) is 2.24. The van der Waals surface area contributed by atoms with Crippen molar-refractivity contribution in [2.24, 2.45) is 0 Å². The second-order valence-electron chi connectivity index (χ2n) is 8.30. The number of aryl methyl sites for hydroxylation is 2. The van der Waals surface area contributed by atoms with E-state index in [4.69, 9.17) is 14.5 Å². The number of hydrogen-bond acceptors (Lipinski definition) is 6. The zero-order valence-electron chi connectivity index (χ0n) is 18.3. The summed E-state index contributed by atoms with van der Waals surface area (Å²) in [5.41, 5.74) is 6.05. The fraction of sp³-hybridized carbons (Fsp3) is 0.333. The highest BCUT2D eigenvalue weighted by molar-refractivity contribution is 5.64. The molecule has 0 N–H and O–H groups in total. The van der Waals surface area contributed by atoms with Crippen LogP contribution in [0.15, 0.2) is 41.2 Å². The lowest BCUT2D eigenvalue weighted by Crippen LogP contribution is -2.47.